The van der Waals surface area contributed by atoms with Gasteiger partial charge in [0.05, 0.1) is 12.2 Å². The average Bonchev–Trinajstić information content (AvgIpc) is 2.75. The summed E-state index contributed by atoms with van der Waals surface area (Å²) in [5.74, 6) is 0. The lowest BCUT2D eigenvalue weighted by Crippen LogP contribution is -2.35. The van der Waals surface area contributed by atoms with Gasteiger partial charge < -0.3 is 20.3 Å². The van der Waals surface area contributed by atoms with E-state index in [0.717, 1.165) is 26.1 Å². The molecule has 0 saturated carbocycles. The van der Waals surface area contributed by atoms with E-state index in [0.29, 0.717) is 18.8 Å². The second kappa shape index (κ2) is 8.03. The number of hydrogen-bond acceptors (Lipinski definition) is 4. The Labute approximate surface area is 106 Å². The second-order valence-corrected chi connectivity index (χ2v) is 5.24. The van der Waals surface area contributed by atoms with Crippen LogP contribution in [0.1, 0.15) is 26.2 Å². The van der Waals surface area contributed by atoms with Crippen molar-refractivity contribution in [3.05, 3.63) is 0 Å². The zero-order chi connectivity index (χ0) is 12.7. The Kier molecular flexibility index (Phi) is 7.04. The average molecular weight is 243 g/mol. The highest BCUT2D eigenvalue weighted by Crippen LogP contribution is 2.19. The minimum atomic E-state index is 0.306. The number of ether oxygens (including phenoxy) is 1. The summed E-state index contributed by atoms with van der Waals surface area (Å²) in [5, 5.41) is 0. The summed E-state index contributed by atoms with van der Waals surface area (Å²) < 4.78 is 5.89. The zero-order valence-corrected chi connectivity index (χ0v) is 11.7. The Morgan fingerprint density at radius 2 is 1.88 bits per heavy atom. The molecule has 1 fully saturated rings. The zero-order valence-electron chi connectivity index (χ0n) is 11.7. The van der Waals surface area contributed by atoms with Gasteiger partial charge in [0.1, 0.15) is 0 Å². The number of nitrogens with two attached hydrogens (primary N) is 1. The molecule has 102 valence electrons. The summed E-state index contributed by atoms with van der Waals surface area (Å²) in [6.45, 7) is 7.41. The van der Waals surface area contributed by atoms with Crippen molar-refractivity contribution in [2.45, 2.75) is 38.4 Å². The van der Waals surface area contributed by atoms with Crippen LogP contribution in [0.15, 0.2) is 0 Å². The minimum absolute atomic E-state index is 0.306. The monoisotopic (exact) mass is 243 g/mol. The van der Waals surface area contributed by atoms with Crippen molar-refractivity contribution in [3.8, 4) is 0 Å². The Bertz CT molecular complexity index is 199. The molecule has 1 aliphatic heterocycles. The van der Waals surface area contributed by atoms with Gasteiger partial charge in [0.25, 0.3) is 0 Å². The van der Waals surface area contributed by atoms with Crippen LogP contribution in [-0.2, 0) is 4.74 Å². The predicted octanol–water partition coefficient (Wildman–Crippen LogP) is 0.766. The van der Waals surface area contributed by atoms with Crippen molar-refractivity contribution in [1.82, 2.24) is 9.80 Å². The third-order valence-electron chi connectivity index (χ3n) is 3.45. The molecular weight excluding hydrogens is 214 g/mol. The summed E-state index contributed by atoms with van der Waals surface area (Å²) in [5.41, 5.74) is 5.63. The van der Waals surface area contributed by atoms with Gasteiger partial charge in [0.15, 0.2) is 0 Å². The van der Waals surface area contributed by atoms with E-state index in [-0.39, 0.29) is 0 Å². The molecule has 2 atom stereocenters. The van der Waals surface area contributed by atoms with Crippen molar-refractivity contribution in [2.75, 3.05) is 46.8 Å². The second-order valence-electron chi connectivity index (χ2n) is 5.24. The standard InChI is InChI=1S/C13H29N3O/c1-4-16(9-5-8-15(2)3)11-13-7-6-12(10-14)17-13/h12-13H,4-11,14H2,1-3H3. The van der Waals surface area contributed by atoms with Gasteiger partial charge in [0, 0.05) is 13.1 Å². The number of hydrogen-bond donors (Lipinski definition) is 1. The van der Waals surface area contributed by atoms with Crippen LogP contribution in [0.4, 0.5) is 0 Å². The quantitative estimate of drug-likeness (QED) is 0.683. The highest BCUT2D eigenvalue weighted by Gasteiger charge is 2.25. The fourth-order valence-electron chi connectivity index (χ4n) is 2.36. The first-order valence-electron chi connectivity index (χ1n) is 6.88. The molecule has 0 aromatic rings. The molecule has 0 amide bonds. The first kappa shape index (κ1) is 14.9. The predicted molar refractivity (Wildman–Crippen MR) is 72.2 cm³/mol. The van der Waals surface area contributed by atoms with Crippen molar-refractivity contribution in [3.63, 3.8) is 0 Å². The summed E-state index contributed by atoms with van der Waals surface area (Å²) in [7, 11) is 4.25. The van der Waals surface area contributed by atoms with E-state index < -0.39 is 0 Å². The molecule has 17 heavy (non-hydrogen) atoms. The Balaban J connectivity index is 2.18. The molecule has 1 heterocycles. The van der Waals surface area contributed by atoms with Gasteiger partial charge >= 0.3 is 0 Å². The molecule has 1 aliphatic rings. The molecule has 2 N–H and O–H groups in total. The molecule has 0 aromatic carbocycles. The van der Waals surface area contributed by atoms with Crippen molar-refractivity contribution < 1.29 is 4.74 Å². The number of likely N-dealkylation sites (N-methyl/N-ethyl adjacent to an activating group) is 1. The molecule has 2 unspecified atom stereocenters. The molecular formula is C13H29N3O. The lowest BCUT2D eigenvalue weighted by molar-refractivity contribution is 0.0275. The fraction of sp³-hybridized carbons (Fsp3) is 1.00. The van der Waals surface area contributed by atoms with Gasteiger partial charge in [-0.1, -0.05) is 6.92 Å². The largest absolute Gasteiger partial charge is 0.372 e. The van der Waals surface area contributed by atoms with Crippen LogP contribution in [-0.4, -0.2) is 68.8 Å². The lowest BCUT2D eigenvalue weighted by Gasteiger charge is -2.24. The Morgan fingerprint density at radius 3 is 2.41 bits per heavy atom. The highest BCUT2D eigenvalue weighted by atomic mass is 16.5. The molecule has 0 bridgehead atoms. The van der Waals surface area contributed by atoms with Crippen LogP contribution in [0.5, 0.6) is 0 Å². The number of nitrogens with zero attached hydrogens (tertiary/aromatic N) is 2. The smallest absolute Gasteiger partial charge is 0.0707 e. The van der Waals surface area contributed by atoms with Crippen molar-refractivity contribution in [1.29, 1.82) is 0 Å². The third-order valence-corrected chi connectivity index (χ3v) is 3.45. The minimum Gasteiger partial charge on any atom is -0.372 e. The van der Waals surface area contributed by atoms with E-state index in [1.807, 2.05) is 0 Å². The first-order chi connectivity index (χ1) is 8.15. The SMILES string of the molecule is CCN(CCCN(C)C)CC1CCC(CN)O1. The van der Waals surface area contributed by atoms with Crippen LogP contribution >= 0.6 is 0 Å². The molecule has 4 nitrogen and oxygen atoms in total. The van der Waals surface area contributed by atoms with E-state index in [9.17, 15) is 0 Å². The summed E-state index contributed by atoms with van der Waals surface area (Å²) >= 11 is 0. The van der Waals surface area contributed by atoms with Gasteiger partial charge in [-0.2, -0.15) is 0 Å². The highest BCUT2D eigenvalue weighted by molar-refractivity contribution is 4.76. The fourth-order valence-corrected chi connectivity index (χ4v) is 2.36. The third kappa shape index (κ3) is 5.82. The van der Waals surface area contributed by atoms with Gasteiger partial charge in [-0.25, -0.2) is 0 Å². The maximum absolute atomic E-state index is 5.89. The van der Waals surface area contributed by atoms with Crippen molar-refractivity contribution >= 4 is 0 Å². The topological polar surface area (TPSA) is 41.7 Å². The molecule has 0 aromatic heterocycles. The van der Waals surface area contributed by atoms with Crippen LogP contribution in [0.2, 0.25) is 0 Å². The van der Waals surface area contributed by atoms with Crippen LogP contribution in [0, 0.1) is 0 Å². The molecule has 1 rings (SSSR count). The van der Waals surface area contributed by atoms with E-state index in [1.165, 1.54) is 19.4 Å². The summed E-state index contributed by atoms with van der Waals surface area (Å²) in [4.78, 5) is 4.73. The molecule has 1 saturated heterocycles. The molecule has 0 radical (unpaired) electrons. The summed E-state index contributed by atoms with van der Waals surface area (Å²) in [6.07, 6.45) is 4.25. The first-order valence-corrected chi connectivity index (χ1v) is 6.88. The number of rotatable bonds is 8. The van der Waals surface area contributed by atoms with Crippen LogP contribution < -0.4 is 5.73 Å². The summed E-state index contributed by atoms with van der Waals surface area (Å²) in [6, 6.07) is 0. The van der Waals surface area contributed by atoms with E-state index in [4.69, 9.17) is 10.5 Å². The van der Waals surface area contributed by atoms with E-state index in [2.05, 4.69) is 30.8 Å². The van der Waals surface area contributed by atoms with Crippen molar-refractivity contribution in [2.24, 2.45) is 5.73 Å². The van der Waals surface area contributed by atoms with Gasteiger partial charge in [0.2, 0.25) is 0 Å². The molecule has 4 heteroatoms. The normalized spacial score (nSPS) is 25.1. The van der Waals surface area contributed by atoms with E-state index >= 15 is 0 Å². The maximum Gasteiger partial charge on any atom is 0.0707 e. The van der Waals surface area contributed by atoms with Gasteiger partial charge in [-0.05, 0) is 53.0 Å². The molecule has 0 spiro atoms. The van der Waals surface area contributed by atoms with Crippen LogP contribution in [0.3, 0.4) is 0 Å². The maximum atomic E-state index is 5.89. The van der Waals surface area contributed by atoms with Gasteiger partial charge in [-0.15, -0.1) is 0 Å². The molecule has 0 aliphatic carbocycles. The lowest BCUT2D eigenvalue weighted by atomic mass is 10.2. The van der Waals surface area contributed by atoms with E-state index in [1.54, 1.807) is 0 Å². The Hall–Kier alpha value is -0.160. The van der Waals surface area contributed by atoms with Gasteiger partial charge in [-0.3, -0.25) is 0 Å². The van der Waals surface area contributed by atoms with Crippen LogP contribution in [0.25, 0.3) is 0 Å². The Morgan fingerprint density at radius 1 is 1.18 bits per heavy atom.